The van der Waals surface area contributed by atoms with Crippen molar-refractivity contribution >= 4 is 23.3 Å². The third-order valence-corrected chi connectivity index (χ3v) is 3.14. The zero-order valence-electron chi connectivity index (χ0n) is 11.8. The van der Waals surface area contributed by atoms with Crippen molar-refractivity contribution in [3.8, 4) is 5.75 Å². The van der Waals surface area contributed by atoms with E-state index >= 15 is 0 Å². The van der Waals surface area contributed by atoms with Crippen LogP contribution in [0.15, 0.2) is 18.2 Å². The van der Waals surface area contributed by atoms with E-state index in [1.807, 2.05) is 0 Å². The Hall–Kier alpha value is -2.45. The molecule has 3 amide bonds. The highest BCUT2D eigenvalue weighted by Gasteiger charge is 2.37. The summed E-state index contributed by atoms with van der Waals surface area (Å²) in [6, 6.07) is 1.50. The number of hydrogen-bond acceptors (Lipinski definition) is 3. The van der Waals surface area contributed by atoms with Crippen molar-refractivity contribution in [1.29, 1.82) is 0 Å². The monoisotopic (exact) mass is 317 g/mol. The summed E-state index contributed by atoms with van der Waals surface area (Å²) in [5.41, 5.74) is 0.777. The highest BCUT2D eigenvalue weighted by molar-refractivity contribution is 5.98. The molecule has 1 heterocycles. The van der Waals surface area contributed by atoms with Gasteiger partial charge in [0.1, 0.15) is 11.8 Å². The molecule has 1 aliphatic heterocycles. The van der Waals surface area contributed by atoms with Crippen LogP contribution in [0.4, 0.5) is 29.3 Å². The molecule has 0 unspecified atom stereocenters. The summed E-state index contributed by atoms with van der Waals surface area (Å²) in [4.78, 5) is 24.4. The van der Waals surface area contributed by atoms with E-state index in [1.165, 1.54) is 23.1 Å². The molecule has 0 aliphatic carbocycles. The van der Waals surface area contributed by atoms with Gasteiger partial charge in [-0.1, -0.05) is 0 Å². The molecule has 0 radical (unpaired) electrons. The molecule has 0 fully saturated rings. The Bertz CT molecular complexity index is 604. The van der Waals surface area contributed by atoms with Gasteiger partial charge in [0.25, 0.3) is 5.91 Å². The van der Waals surface area contributed by atoms with Crippen LogP contribution in [-0.4, -0.2) is 37.8 Å². The lowest BCUT2D eigenvalue weighted by Crippen LogP contribution is -2.45. The molecule has 0 aromatic heterocycles. The van der Waals surface area contributed by atoms with Gasteiger partial charge < -0.3 is 20.3 Å². The number of likely N-dealkylation sites (N-methyl/N-ethyl adjacent to an activating group) is 1. The van der Waals surface area contributed by atoms with Crippen LogP contribution in [0, 0.1) is 0 Å². The van der Waals surface area contributed by atoms with Crippen molar-refractivity contribution in [3.63, 3.8) is 0 Å². The number of amides is 3. The third-order valence-electron chi connectivity index (χ3n) is 3.14. The van der Waals surface area contributed by atoms with Gasteiger partial charge in [0.2, 0.25) is 0 Å². The number of rotatable bonds is 2. The van der Waals surface area contributed by atoms with Gasteiger partial charge >= 0.3 is 12.2 Å². The van der Waals surface area contributed by atoms with E-state index in [0.717, 1.165) is 6.92 Å². The summed E-state index contributed by atoms with van der Waals surface area (Å²) < 4.78 is 42.3. The quantitative estimate of drug-likeness (QED) is 0.878. The maximum absolute atomic E-state index is 12.4. The molecule has 1 aromatic rings. The number of urea groups is 1. The normalized spacial score (nSPS) is 15.7. The smallest absolute Gasteiger partial charge is 0.408 e. The summed E-state index contributed by atoms with van der Waals surface area (Å²) in [5.74, 6) is 0.147. The summed E-state index contributed by atoms with van der Waals surface area (Å²) in [6.07, 6.45) is -4.51. The van der Waals surface area contributed by atoms with Crippen molar-refractivity contribution in [1.82, 2.24) is 5.32 Å². The first-order chi connectivity index (χ1) is 10.2. The van der Waals surface area contributed by atoms with Crippen LogP contribution in [0.1, 0.15) is 6.92 Å². The van der Waals surface area contributed by atoms with Gasteiger partial charge in [-0.15, -0.1) is 0 Å². The van der Waals surface area contributed by atoms with Crippen molar-refractivity contribution < 1.29 is 27.5 Å². The lowest BCUT2D eigenvalue weighted by Gasteiger charge is -2.26. The molecule has 0 saturated carbocycles. The highest BCUT2D eigenvalue weighted by atomic mass is 19.4. The maximum atomic E-state index is 12.4. The number of anilines is 2. The molecule has 1 aliphatic rings. The highest BCUT2D eigenvalue weighted by Crippen LogP contribution is 2.33. The van der Waals surface area contributed by atoms with Crippen molar-refractivity contribution in [3.05, 3.63) is 18.2 Å². The number of carbonyl (C=O) groups excluding carboxylic acids is 2. The van der Waals surface area contributed by atoms with Gasteiger partial charge in [-0.25, -0.2) is 4.79 Å². The van der Waals surface area contributed by atoms with Crippen LogP contribution in [0.2, 0.25) is 0 Å². The molecule has 1 aromatic carbocycles. The average molecular weight is 317 g/mol. The SMILES string of the molecule is C[C@H](NC(=O)Nc1ccc2c(c1)OCC(=O)N2C)C(F)(F)F. The first-order valence-corrected chi connectivity index (χ1v) is 6.36. The third kappa shape index (κ3) is 3.41. The molecule has 9 heteroatoms. The van der Waals surface area contributed by atoms with Crippen LogP contribution in [-0.2, 0) is 4.79 Å². The average Bonchev–Trinajstić information content (AvgIpc) is 2.42. The minimum absolute atomic E-state index is 0.135. The number of ether oxygens (including phenoxy) is 1. The Kier molecular flexibility index (Phi) is 4.16. The number of carbonyl (C=O) groups is 2. The van der Waals surface area contributed by atoms with Crippen LogP contribution < -0.4 is 20.3 Å². The van der Waals surface area contributed by atoms with Crippen molar-refractivity contribution in [2.75, 3.05) is 23.9 Å². The van der Waals surface area contributed by atoms with E-state index in [-0.39, 0.29) is 18.2 Å². The van der Waals surface area contributed by atoms with Crippen LogP contribution >= 0.6 is 0 Å². The summed E-state index contributed by atoms with van der Waals surface area (Å²) in [6.45, 7) is 0.709. The van der Waals surface area contributed by atoms with Crippen molar-refractivity contribution in [2.45, 2.75) is 19.1 Å². The second-order valence-corrected chi connectivity index (χ2v) is 4.79. The van der Waals surface area contributed by atoms with Crippen LogP contribution in [0.3, 0.4) is 0 Å². The minimum Gasteiger partial charge on any atom is -0.481 e. The summed E-state index contributed by atoms with van der Waals surface area (Å²) in [5, 5.41) is 4.07. The molecule has 0 bridgehead atoms. The molecule has 2 N–H and O–H groups in total. The molecule has 22 heavy (non-hydrogen) atoms. The molecular formula is C13H14F3N3O3. The van der Waals surface area contributed by atoms with Crippen molar-refractivity contribution in [2.24, 2.45) is 0 Å². The number of hydrogen-bond donors (Lipinski definition) is 2. The number of benzene rings is 1. The number of alkyl halides is 3. The first kappa shape index (κ1) is 15.9. The zero-order chi connectivity index (χ0) is 16.5. The largest absolute Gasteiger partial charge is 0.481 e. The molecule has 120 valence electrons. The molecule has 0 saturated heterocycles. The fourth-order valence-corrected chi connectivity index (χ4v) is 1.80. The second-order valence-electron chi connectivity index (χ2n) is 4.79. The predicted molar refractivity (Wildman–Crippen MR) is 73.0 cm³/mol. The van der Waals surface area contributed by atoms with E-state index in [2.05, 4.69) is 5.32 Å². The van der Waals surface area contributed by atoms with Gasteiger partial charge in [0.05, 0.1) is 5.69 Å². The molecule has 1 atom stereocenters. The minimum atomic E-state index is -4.51. The molecule has 0 spiro atoms. The first-order valence-electron chi connectivity index (χ1n) is 6.36. The maximum Gasteiger partial charge on any atom is 0.408 e. The van der Waals surface area contributed by atoms with Gasteiger partial charge in [-0.2, -0.15) is 13.2 Å². The zero-order valence-corrected chi connectivity index (χ0v) is 11.8. The summed E-state index contributed by atoms with van der Waals surface area (Å²) >= 11 is 0. The van der Waals surface area contributed by atoms with E-state index in [1.54, 1.807) is 12.4 Å². The van der Waals surface area contributed by atoms with E-state index in [0.29, 0.717) is 11.4 Å². The van der Waals surface area contributed by atoms with E-state index < -0.39 is 18.2 Å². The lowest BCUT2D eigenvalue weighted by atomic mass is 10.2. The van der Waals surface area contributed by atoms with Gasteiger partial charge in [0, 0.05) is 18.8 Å². The number of nitrogens with one attached hydrogen (secondary N) is 2. The van der Waals surface area contributed by atoms with Gasteiger partial charge in [0.15, 0.2) is 6.61 Å². The fourth-order valence-electron chi connectivity index (χ4n) is 1.80. The molecular weight excluding hydrogens is 303 g/mol. The Balaban J connectivity index is 2.06. The second kappa shape index (κ2) is 5.74. The van der Waals surface area contributed by atoms with Gasteiger partial charge in [-0.3, -0.25) is 4.79 Å². The Morgan fingerprint density at radius 1 is 1.41 bits per heavy atom. The van der Waals surface area contributed by atoms with E-state index in [9.17, 15) is 22.8 Å². The standard InChI is InChI=1S/C13H14F3N3O3/c1-7(13(14,15)16)17-12(21)18-8-3-4-9-10(5-8)22-6-11(20)19(9)2/h3-5,7H,6H2,1-2H3,(H2,17,18,21)/t7-/m0/s1. The molecule has 2 rings (SSSR count). The lowest BCUT2D eigenvalue weighted by molar-refractivity contribution is -0.148. The topological polar surface area (TPSA) is 70.7 Å². The summed E-state index contributed by atoms with van der Waals surface area (Å²) in [7, 11) is 1.58. The number of nitrogens with zero attached hydrogens (tertiary/aromatic N) is 1. The predicted octanol–water partition coefficient (Wildman–Crippen LogP) is 2.11. The Labute approximate surface area is 124 Å². The fraction of sp³-hybridized carbons (Fsp3) is 0.385. The number of fused-ring (bicyclic) bond motifs is 1. The van der Waals surface area contributed by atoms with E-state index in [4.69, 9.17) is 4.74 Å². The Morgan fingerprint density at radius 3 is 2.73 bits per heavy atom. The van der Waals surface area contributed by atoms with Crippen LogP contribution in [0.25, 0.3) is 0 Å². The number of halogens is 3. The van der Waals surface area contributed by atoms with Gasteiger partial charge in [-0.05, 0) is 19.1 Å². The Morgan fingerprint density at radius 2 is 2.09 bits per heavy atom. The molecule has 6 nitrogen and oxygen atoms in total. The van der Waals surface area contributed by atoms with Crippen LogP contribution in [0.5, 0.6) is 5.75 Å².